The van der Waals surface area contributed by atoms with Gasteiger partial charge >= 0.3 is 0 Å². The molecule has 4 aromatic rings. The fraction of sp³-hybridized carbons (Fsp3) is 0.0476. The molecule has 9 heteroatoms. The molecular weight excluding hydrogens is 422 g/mol. The van der Waals surface area contributed by atoms with E-state index in [0.29, 0.717) is 16.4 Å². The number of para-hydroxylation sites is 1. The van der Waals surface area contributed by atoms with Crippen molar-refractivity contribution in [1.82, 2.24) is 4.98 Å². The van der Waals surface area contributed by atoms with Crippen molar-refractivity contribution in [3.63, 3.8) is 0 Å². The Labute approximate surface area is 177 Å². The van der Waals surface area contributed by atoms with E-state index >= 15 is 0 Å². The highest BCUT2D eigenvalue weighted by molar-refractivity contribution is 7.92. The Balaban J connectivity index is 1.51. The van der Waals surface area contributed by atoms with E-state index in [9.17, 15) is 13.2 Å². The number of anilines is 2. The number of aromatic nitrogens is 1. The predicted molar refractivity (Wildman–Crippen MR) is 118 cm³/mol. The lowest BCUT2D eigenvalue weighted by Crippen LogP contribution is -2.15. The second kappa shape index (κ2) is 8.13. The summed E-state index contributed by atoms with van der Waals surface area (Å²) < 4.78 is 33.7. The molecule has 30 heavy (non-hydrogen) atoms. The van der Waals surface area contributed by atoms with Crippen LogP contribution in [0.2, 0.25) is 0 Å². The molecule has 0 aliphatic rings. The topological polar surface area (TPSA) is 97.4 Å². The smallest absolute Gasteiger partial charge is 0.261 e. The fourth-order valence-corrected chi connectivity index (χ4v) is 4.70. The predicted octanol–water partition coefficient (Wildman–Crippen LogP) is 4.36. The van der Waals surface area contributed by atoms with Crippen LogP contribution in [0.5, 0.6) is 5.75 Å². The van der Waals surface area contributed by atoms with Crippen LogP contribution in [-0.2, 0) is 10.0 Å². The summed E-state index contributed by atoms with van der Waals surface area (Å²) in [5, 5.41) is 3.24. The van der Waals surface area contributed by atoms with Gasteiger partial charge in [0.2, 0.25) is 0 Å². The van der Waals surface area contributed by atoms with Gasteiger partial charge in [-0.2, -0.15) is 0 Å². The molecule has 4 rings (SSSR count). The average molecular weight is 440 g/mol. The van der Waals surface area contributed by atoms with Gasteiger partial charge in [-0.25, -0.2) is 13.4 Å². The van der Waals surface area contributed by atoms with Crippen LogP contribution < -0.4 is 14.8 Å². The zero-order chi connectivity index (χ0) is 21.1. The van der Waals surface area contributed by atoms with E-state index in [4.69, 9.17) is 4.74 Å². The number of amides is 1. The number of thiazole rings is 1. The van der Waals surface area contributed by atoms with Crippen molar-refractivity contribution in [1.29, 1.82) is 0 Å². The molecule has 1 heterocycles. The number of ether oxygens (including phenoxy) is 1. The summed E-state index contributed by atoms with van der Waals surface area (Å²) >= 11 is 1.37. The van der Waals surface area contributed by atoms with Gasteiger partial charge in [0.25, 0.3) is 15.9 Å². The molecule has 152 valence electrons. The van der Waals surface area contributed by atoms with Crippen molar-refractivity contribution >= 4 is 48.3 Å². The first kappa shape index (κ1) is 19.9. The van der Waals surface area contributed by atoms with Gasteiger partial charge in [-0.3, -0.25) is 14.8 Å². The Morgan fingerprint density at radius 1 is 1.00 bits per heavy atom. The van der Waals surface area contributed by atoms with Crippen molar-refractivity contribution in [2.75, 3.05) is 17.1 Å². The Morgan fingerprint density at radius 3 is 2.50 bits per heavy atom. The molecule has 0 aliphatic carbocycles. The molecular formula is C21H17N3O4S2. The summed E-state index contributed by atoms with van der Waals surface area (Å²) in [4.78, 5) is 17.1. The molecule has 0 unspecified atom stereocenters. The second-order valence-electron chi connectivity index (χ2n) is 6.30. The Hall–Kier alpha value is -3.43. The van der Waals surface area contributed by atoms with Gasteiger partial charge in [0, 0.05) is 11.3 Å². The zero-order valence-corrected chi connectivity index (χ0v) is 17.5. The highest BCUT2D eigenvalue weighted by atomic mass is 32.2. The highest BCUT2D eigenvalue weighted by Gasteiger charge is 2.16. The fourth-order valence-electron chi connectivity index (χ4n) is 2.79. The monoisotopic (exact) mass is 439 g/mol. The molecule has 0 bridgehead atoms. The van der Waals surface area contributed by atoms with Crippen LogP contribution in [0.1, 0.15) is 10.4 Å². The van der Waals surface area contributed by atoms with Crippen LogP contribution in [-0.4, -0.2) is 26.4 Å². The molecule has 1 aromatic heterocycles. The first-order valence-electron chi connectivity index (χ1n) is 8.88. The first-order chi connectivity index (χ1) is 14.4. The first-order valence-corrected chi connectivity index (χ1v) is 11.2. The van der Waals surface area contributed by atoms with E-state index < -0.39 is 10.0 Å². The van der Waals surface area contributed by atoms with E-state index in [1.54, 1.807) is 30.3 Å². The van der Waals surface area contributed by atoms with E-state index in [1.165, 1.54) is 36.6 Å². The van der Waals surface area contributed by atoms with E-state index in [-0.39, 0.29) is 16.5 Å². The minimum absolute atomic E-state index is 0.0904. The van der Waals surface area contributed by atoms with Crippen LogP contribution in [0.4, 0.5) is 10.8 Å². The maximum absolute atomic E-state index is 12.6. The number of rotatable bonds is 6. The molecule has 0 radical (unpaired) electrons. The maximum Gasteiger partial charge on any atom is 0.261 e. The number of hydrogen-bond acceptors (Lipinski definition) is 6. The molecule has 0 spiro atoms. The molecule has 1 amide bonds. The summed E-state index contributed by atoms with van der Waals surface area (Å²) in [5.74, 6) is 0.182. The van der Waals surface area contributed by atoms with Gasteiger partial charge in [-0.1, -0.05) is 29.5 Å². The van der Waals surface area contributed by atoms with E-state index in [1.807, 2.05) is 24.3 Å². The van der Waals surface area contributed by atoms with Crippen LogP contribution in [0.15, 0.2) is 77.7 Å². The standard InChI is InChI=1S/C21H17N3O4S2/c1-28-16-9-11-17(12-10-16)30(26,27)24-15-6-4-5-14(13-15)20(25)23-21-22-18-7-2-3-8-19(18)29-21/h2-13,24H,1H3,(H,22,23,25). The SMILES string of the molecule is COc1ccc(S(=O)(=O)Nc2cccc(C(=O)Nc3nc4ccccc4s3)c2)cc1. The number of fused-ring (bicyclic) bond motifs is 1. The molecule has 7 nitrogen and oxygen atoms in total. The highest BCUT2D eigenvalue weighted by Crippen LogP contribution is 2.26. The van der Waals surface area contributed by atoms with Gasteiger partial charge < -0.3 is 4.74 Å². The van der Waals surface area contributed by atoms with Gasteiger partial charge in [-0.05, 0) is 54.6 Å². The van der Waals surface area contributed by atoms with Gasteiger partial charge in [0.15, 0.2) is 5.13 Å². The van der Waals surface area contributed by atoms with E-state index in [2.05, 4.69) is 15.0 Å². The van der Waals surface area contributed by atoms with Crippen LogP contribution in [0.3, 0.4) is 0 Å². The van der Waals surface area contributed by atoms with E-state index in [0.717, 1.165) is 10.2 Å². The summed E-state index contributed by atoms with van der Waals surface area (Å²) in [6.07, 6.45) is 0. The molecule has 0 fully saturated rings. The number of benzene rings is 3. The molecule has 2 N–H and O–H groups in total. The average Bonchev–Trinajstić information content (AvgIpc) is 3.16. The maximum atomic E-state index is 12.6. The Morgan fingerprint density at radius 2 is 1.77 bits per heavy atom. The number of nitrogens with zero attached hydrogens (tertiary/aromatic N) is 1. The Bertz CT molecular complexity index is 1280. The summed E-state index contributed by atoms with van der Waals surface area (Å²) in [6, 6.07) is 19.9. The molecule has 0 saturated carbocycles. The van der Waals surface area contributed by atoms with Crippen LogP contribution in [0.25, 0.3) is 10.2 Å². The summed E-state index contributed by atoms with van der Waals surface area (Å²) in [6.45, 7) is 0. The van der Waals surface area contributed by atoms with Crippen molar-refractivity contribution in [3.05, 3.63) is 78.4 Å². The van der Waals surface area contributed by atoms with Crippen molar-refractivity contribution in [3.8, 4) is 5.75 Å². The van der Waals surface area contributed by atoms with Crippen molar-refractivity contribution in [2.24, 2.45) is 0 Å². The van der Waals surface area contributed by atoms with Gasteiger partial charge in [0.05, 0.1) is 22.2 Å². The third kappa shape index (κ3) is 4.27. The van der Waals surface area contributed by atoms with Crippen LogP contribution in [0, 0.1) is 0 Å². The minimum Gasteiger partial charge on any atom is -0.497 e. The third-order valence-electron chi connectivity index (χ3n) is 4.26. The lowest BCUT2D eigenvalue weighted by atomic mass is 10.2. The quantitative estimate of drug-likeness (QED) is 0.465. The number of hydrogen-bond donors (Lipinski definition) is 2. The lowest BCUT2D eigenvalue weighted by Gasteiger charge is -2.10. The minimum atomic E-state index is -3.80. The van der Waals surface area contributed by atoms with Crippen LogP contribution >= 0.6 is 11.3 Å². The summed E-state index contributed by atoms with van der Waals surface area (Å²) in [5.41, 5.74) is 1.39. The van der Waals surface area contributed by atoms with Crippen molar-refractivity contribution in [2.45, 2.75) is 4.90 Å². The van der Waals surface area contributed by atoms with Gasteiger partial charge in [0.1, 0.15) is 5.75 Å². The molecule has 0 aliphatic heterocycles. The molecule has 0 saturated heterocycles. The Kier molecular flexibility index (Phi) is 5.39. The molecule has 3 aromatic carbocycles. The van der Waals surface area contributed by atoms with Gasteiger partial charge in [-0.15, -0.1) is 0 Å². The summed E-state index contributed by atoms with van der Waals surface area (Å²) in [7, 11) is -2.30. The van der Waals surface area contributed by atoms with Crippen molar-refractivity contribution < 1.29 is 17.9 Å². The third-order valence-corrected chi connectivity index (χ3v) is 6.61. The second-order valence-corrected chi connectivity index (χ2v) is 9.02. The largest absolute Gasteiger partial charge is 0.497 e. The number of nitrogens with one attached hydrogen (secondary N) is 2. The molecule has 0 atom stereocenters. The lowest BCUT2D eigenvalue weighted by molar-refractivity contribution is 0.102. The number of methoxy groups -OCH3 is 1. The number of carbonyl (C=O) groups is 1. The normalized spacial score (nSPS) is 11.2. The number of sulfonamides is 1. The zero-order valence-electron chi connectivity index (χ0n) is 15.8. The number of carbonyl (C=O) groups excluding carboxylic acids is 1.